The predicted molar refractivity (Wildman–Crippen MR) is 54.3 cm³/mol. The summed E-state index contributed by atoms with van der Waals surface area (Å²) in [7, 11) is 0. The zero-order valence-corrected chi connectivity index (χ0v) is 8.92. The number of aliphatic hydroxyl groups excluding tert-OH is 1. The molecule has 2 N–H and O–H groups in total. The number of nitrogens with zero attached hydrogens (tertiary/aromatic N) is 2. The Morgan fingerprint density at radius 1 is 1.60 bits per heavy atom. The molecule has 0 aliphatic rings. The normalized spacial score (nSPS) is 14.9. The molecule has 0 aliphatic carbocycles. The highest BCUT2D eigenvalue weighted by molar-refractivity contribution is 5.70. The Kier molecular flexibility index (Phi) is 3.85. The SMILES string of the molecule is CCC(C(=O)O)C(O)c1cncn1CC. The summed E-state index contributed by atoms with van der Waals surface area (Å²) in [6.45, 7) is 4.33. The summed E-state index contributed by atoms with van der Waals surface area (Å²) in [4.78, 5) is 14.8. The van der Waals surface area contributed by atoms with Gasteiger partial charge in [-0.05, 0) is 13.3 Å². The van der Waals surface area contributed by atoms with Gasteiger partial charge in [-0.15, -0.1) is 0 Å². The number of aryl methyl sites for hydroxylation is 1. The van der Waals surface area contributed by atoms with Crippen LogP contribution in [-0.4, -0.2) is 25.7 Å². The zero-order chi connectivity index (χ0) is 11.4. The van der Waals surface area contributed by atoms with Gasteiger partial charge in [0, 0.05) is 6.54 Å². The summed E-state index contributed by atoms with van der Waals surface area (Å²) in [5, 5.41) is 18.8. The molecule has 0 saturated carbocycles. The lowest BCUT2D eigenvalue weighted by molar-refractivity contribution is -0.146. The molecule has 0 spiro atoms. The van der Waals surface area contributed by atoms with Crippen LogP contribution in [0.4, 0.5) is 0 Å². The lowest BCUT2D eigenvalue weighted by atomic mass is 9.97. The van der Waals surface area contributed by atoms with Crippen LogP contribution in [0.5, 0.6) is 0 Å². The van der Waals surface area contributed by atoms with Crippen molar-refractivity contribution in [1.82, 2.24) is 9.55 Å². The van der Waals surface area contributed by atoms with Gasteiger partial charge in [-0.1, -0.05) is 6.92 Å². The highest BCUT2D eigenvalue weighted by Gasteiger charge is 2.27. The van der Waals surface area contributed by atoms with Gasteiger partial charge in [0.15, 0.2) is 0 Å². The average molecular weight is 212 g/mol. The first kappa shape index (κ1) is 11.7. The Morgan fingerprint density at radius 3 is 2.73 bits per heavy atom. The summed E-state index contributed by atoms with van der Waals surface area (Å²) < 4.78 is 1.75. The lowest BCUT2D eigenvalue weighted by Gasteiger charge is -2.18. The van der Waals surface area contributed by atoms with E-state index in [9.17, 15) is 9.90 Å². The number of hydrogen-bond acceptors (Lipinski definition) is 3. The fourth-order valence-electron chi connectivity index (χ4n) is 1.58. The molecule has 0 aromatic carbocycles. The molecule has 5 heteroatoms. The number of rotatable bonds is 5. The average Bonchev–Trinajstić information content (AvgIpc) is 2.65. The molecule has 1 aromatic rings. The monoisotopic (exact) mass is 212 g/mol. The maximum absolute atomic E-state index is 10.9. The van der Waals surface area contributed by atoms with E-state index < -0.39 is 18.0 Å². The van der Waals surface area contributed by atoms with E-state index in [1.165, 1.54) is 6.20 Å². The summed E-state index contributed by atoms with van der Waals surface area (Å²) in [5.74, 6) is -1.75. The van der Waals surface area contributed by atoms with Gasteiger partial charge in [0.05, 0.1) is 24.1 Å². The molecule has 1 heterocycles. The topological polar surface area (TPSA) is 75.3 Å². The number of carboxylic acids is 1. The minimum atomic E-state index is -0.991. The van der Waals surface area contributed by atoms with Gasteiger partial charge < -0.3 is 14.8 Å². The fraction of sp³-hybridized carbons (Fsp3) is 0.600. The molecule has 0 radical (unpaired) electrons. The van der Waals surface area contributed by atoms with Crippen LogP contribution in [0.1, 0.15) is 32.1 Å². The minimum absolute atomic E-state index is 0.394. The number of aliphatic hydroxyl groups is 1. The van der Waals surface area contributed by atoms with Crippen molar-refractivity contribution in [2.45, 2.75) is 32.9 Å². The van der Waals surface area contributed by atoms with Crippen molar-refractivity contribution in [1.29, 1.82) is 0 Å². The predicted octanol–water partition coefficient (Wildman–Crippen LogP) is 1.05. The fourth-order valence-corrected chi connectivity index (χ4v) is 1.58. The molecular weight excluding hydrogens is 196 g/mol. The Balaban J connectivity index is 2.91. The Labute approximate surface area is 88.4 Å². The highest BCUT2D eigenvalue weighted by Crippen LogP contribution is 2.24. The summed E-state index contributed by atoms with van der Waals surface area (Å²) in [6, 6.07) is 0. The third-order valence-electron chi connectivity index (χ3n) is 2.53. The molecule has 0 aliphatic heterocycles. The van der Waals surface area contributed by atoms with Crippen molar-refractivity contribution in [3.63, 3.8) is 0 Å². The third-order valence-corrected chi connectivity index (χ3v) is 2.53. The van der Waals surface area contributed by atoms with Gasteiger partial charge in [-0.25, -0.2) is 4.98 Å². The summed E-state index contributed by atoms with van der Waals surface area (Å²) in [6.07, 6.45) is 2.51. The van der Waals surface area contributed by atoms with Gasteiger partial charge in [0.2, 0.25) is 0 Å². The van der Waals surface area contributed by atoms with Gasteiger partial charge in [-0.2, -0.15) is 0 Å². The summed E-state index contributed by atoms with van der Waals surface area (Å²) >= 11 is 0. The van der Waals surface area contributed by atoms with E-state index in [0.29, 0.717) is 18.7 Å². The van der Waals surface area contributed by atoms with Gasteiger partial charge in [0.25, 0.3) is 0 Å². The first-order chi connectivity index (χ1) is 7.11. The molecule has 0 fully saturated rings. The molecule has 0 amide bonds. The third kappa shape index (κ3) is 2.36. The van der Waals surface area contributed by atoms with Crippen LogP contribution >= 0.6 is 0 Å². The molecule has 0 bridgehead atoms. The molecule has 0 saturated heterocycles. The van der Waals surface area contributed by atoms with Crippen LogP contribution in [0.3, 0.4) is 0 Å². The standard InChI is InChI=1S/C10H16N2O3/c1-3-7(10(14)15)9(13)8-5-11-6-12(8)4-2/h5-7,9,13H,3-4H2,1-2H3,(H,14,15). The molecule has 15 heavy (non-hydrogen) atoms. The smallest absolute Gasteiger partial charge is 0.309 e. The highest BCUT2D eigenvalue weighted by atomic mass is 16.4. The van der Waals surface area contributed by atoms with Crippen LogP contribution in [0, 0.1) is 5.92 Å². The van der Waals surface area contributed by atoms with Crippen molar-refractivity contribution < 1.29 is 15.0 Å². The van der Waals surface area contributed by atoms with Crippen molar-refractivity contribution in [2.75, 3.05) is 0 Å². The second kappa shape index (κ2) is 4.93. The van der Waals surface area contributed by atoms with E-state index >= 15 is 0 Å². The molecular formula is C10H16N2O3. The van der Waals surface area contributed by atoms with Crippen molar-refractivity contribution in [3.8, 4) is 0 Å². The van der Waals surface area contributed by atoms with Gasteiger partial charge >= 0.3 is 5.97 Å². The van der Waals surface area contributed by atoms with Gasteiger partial charge in [0.1, 0.15) is 6.10 Å². The summed E-state index contributed by atoms with van der Waals surface area (Å²) in [5.41, 5.74) is 0.562. The van der Waals surface area contributed by atoms with E-state index in [-0.39, 0.29) is 0 Å². The molecule has 2 unspecified atom stereocenters. The van der Waals surface area contributed by atoms with E-state index in [1.807, 2.05) is 6.92 Å². The second-order valence-electron chi connectivity index (χ2n) is 3.40. The van der Waals surface area contributed by atoms with Crippen LogP contribution in [-0.2, 0) is 11.3 Å². The van der Waals surface area contributed by atoms with E-state index in [0.717, 1.165) is 0 Å². The van der Waals surface area contributed by atoms with Crippen molar-refractivity contribution in [2.24, 2.45) is 5.92 Å². The van der Waals surface area contributed by atoms with Crippen LogP contribution in [0.15, 0.2) is 12.5 Å². The lowest BCUT2D eigenvalue weighted by Crippen LogP contribution is -2.23. The molecule has 1 aromatic heterocycles. The Bertz CT molecular complexity index is 335. The number of carbonyl (C=O) groups is 1. The minimum Gasteiger partial charge on any atom is -0.481 e. The number of carboxylic acid groups (broad SMARTS) is 1. The number of aromatic nitrogens is 2. The largest absolute Gasteiger partial charge is 0.481 e. The van der Waals surface area contributed by atoms with E-state index in [2.05, 4.69) is 4.98 Å². The number of hydrogen-bond donors (Lipinski definition) is 2. The van der Waals surface area contributed by atoms with E-state index in [4.69, 9.17) is 5.11 Å². The molecule has 84 valence electrons. The quantitative estimate of drug-likeness (QED) is 0.764. The Hall–Kier alpha value is -1.36. The number of imidazole rings is 1. The van der Waals surface area contributed by atoms with Crippen molar-refractivity contribution in [3.05, 3.63) is 18.2 Å². The molecule has 2 atom stereocenters. The maximum atomic E-state index is 10.9. The number of aliphatic carboxylic acids is 1. The van der Waals surface area contributed by atoms with E-state index in [1.54, 1.807) is 17.8 Å². The molecule has 1 rings (SSSR count). The van der Waals surface area contributed by atoms with Crippen LogP contribution in [0.25, 0.3) is 0 Å². The Morgan fingerprint density at radius 2 is 2.27 bits per heavy atom. The first-order valence-corrected chi connectivity index (χ1v) is 5.02. The van der Waals surface area contributed by atoms with Crippen LogP contribution in [0.2, 0.25) is 0 Å². The zero-order valence-electron chi connectivity index (χ0n) is 8.92. The van der Waals surface area contributed by atoms with Crippen LogP contribution < -0.4 is 0 Å². The van der Waals surface area contributed by atoms with Crippen molar-refractivity contribution >= 4 is 5.97 Å². The van der Waals surface area contributed by atoms with Gasteiger partial charge in [-0.3, -0.25) is 4.79 Å². The first-order valence-electron chi connectivity index (χ1n) is 5.02. The maximum Gasteiger partial charge on any atom is 0.309 e. The molecule has 5 nitrogen and oxygen atoms in total. The second-order valence-corrected chi connectivity index (χ2v) is 3.40.